The lowest BCUT2D eigenvalue weighted by atomic mass is 9.93. The first-order valence-electron chi connectivity index (χ1n) is 6.83. The number of aromatic nitrogens is 2. The fraction of sp³-hybridized carbons (Fsp3) is 0.438. The molecule has 0 saturated carbocycles. The van der Waals surface area contributed by atoms with Gasteiger partial charge in [0, 0.05) is 25.2 Å². The molecule has 102 valence electrons. The van der Waals surface area contributed by atoms with E-state index in [0.717, 1.165) is 5.69 Å². The smallest absolute Gasteiger partial charge is 0.0596 e. The molecule has 3 heteroatoms. The molecule has 0 amide bonds. The first-order chi connectivity index (χ1) is 9.02. The van der Waals surface area contributed by atoms with Gasteiger partial charge in [0.05, 0.1) is 5.69 Å². The Morgan fingerprint density at radius 3 is 2.16 bits per heavy atom. The van der Waals surface area contributed by atoms with Gasteiger partial charge in [0.2, 0.25) is 0 Å². The van der Waals surface area contributed by atoms with Crippen molar-refractivity contribution in [3.8, 4) is 0 Å². The minimum absolute atomic E-state index is 0.215. The van der Waals surface area contributed by atoms with Crippen molar-refractivity contribution in [1.29, 1.82) is 0 Å². The van der Waals surface area contributed by atoms with Crippen LogP contribution in [-0.4, -0.2) is 16.3 Å². The van der Waals surface area contributed by atoms with Crippen molar-refractivity contribution in [1.82, 2.24) is 9.78 Å². The van der Waals surface area contributed by atoms with Crippen molar-refractivity contribution in [3.63, 3.8) is 0 Å². The van der Waals surface area contributed by atoms with Crippen LogP contribution in [0.2, 0.25) is 0 Å². The quantitative estimate of drug-likeness (QED) is 0.915. The largest absolute Gasteiger partial charge is 0.329 e. The summed E-state index contributed by atoms with van der Waals surface area (Å²) in [5, 5.41) is 4.41. The standard InChI is InChI=1S/C16H23N3/c1-11(2)13-5-7-14(8-6-13)15(10-17)16-9-12(3)18-19(16)4/h5-9,11,15H,10,17H2,1-4H3. The maximum atomic E-state index is 5.97. The summed E-state index contributed by atoms with van der Waals surface area (Å²) in [4.78, 5) is 0. The fourth-order valence-electron chi connectivity index (χ4n) is 2.50. The molecule has 0 aliphatic carbocycles. The Balaban J connectivity index is 2.34. The lowest BCUT2D eigenvalue weighted by Gasteiger charge is -2.16. The second-order valence-corrected chi connectivity index (χ2v) is 5.44. The van der Waals surface area contributed by atoms with Gasteiger partial charge in [0.1, 0.15) is 0 Å². The van der Waals surface area contributed by atoms with Crippen molar-refractivity contribution >= 4 is 0 Å². The first-order valence-corrected chi connectivity index (χ1v) is 6.83. The molecule has 0 saturated heterocycles. The van der Waals surface area contributed by atoms with Crippen LogP contribution in [0.1, 0.15) is 48.2 Å². The van der Waals surface area contributed by atoms with Crippen molar-refractivity contribution < 1.29 is 0 Å². The molecule has 0 fully saturated rings. The summed E-state index contributed by atoms with van der Waals surface area (Å²) in [6.07, 6.45) is 0. The third-order valence-electron chi connectivity index (χ3n) is 3.64. The van der Waals surface area contributed by atoms with Crippen molar-refractivity contribution in [2.45, 2.75) is 32.6 Å². The van der Waals surface area contributed by atoms with Crippen LogP contribution in [0, 0.1) is 6.92 Å². The third kappa shape index (κ3) is 2.87. The monoisotopic (exact) mass is 257 g/mol. The van der Waals surface area contributed by atoms with Gasteiger partial charge in [-0.2, -0.15) is 5.10 Å². The van der Waals surface area contributed by atoms with Crippen LogP contribution in [0.3, 0.4) is 0 Å². The number of aryl methyl sites for hydroxylation is 2. The zero-order valence-electron chi connectivity index (χ0n) is 12.2. The molecule has 1 aromatic carbocycles. The van der Waals surface area contributed by atoms with Gasteiger partial charge in [-0.25, -0.2) is 0 Å². The van der Waals surface area contributed by atoms with Crippen LogP contribution in [0.4, 0.5) is 0 Å². The van der Waals surface area contributed by atoms with Gasteiger partial charge in [0.15, 0.2) is 0 Å². The minimum atomic E-state index is 0.215. The normalized spacial score (nSPS) is 12.9. The average Bonchev–Trinajstić information content (AvgIpc) is 2.70. The molecule has 1 aromatic heterocycles. The molecule has 0 bridgehead atoms. The molecule has 0 aliphatic rings. The van der Waals surface area contributed by atoms with E-state index in [0.29, 0.717) is 12.5 Å². The van der Waals surface area contributed by atoms with E-state index in [1.165, 1.54) is 16.8 Å². The van der Waals surface area contributed by atoms with Crippen molar-refractivity contribution in [3.05, 3.63) is 52.8 Å². The van der Waals surface area contributed by atoms with E-state index in [2.05, 4.69) is 49.3 Å². The molecule has 3 nitrogen and oxygen atoms in total. The molecule has 0 spiro atoms. The highest BCUT2D eigenvalue weighted by Crippen LogP contribution is 2.25. The Bertz CT molecular complexity index is 538. The Morgan fingerprint density at radius 2 is 1.74 bits per heavy atom. The van der Waals surface area contributed by atoms with Crippen LogP contribution in [0.5, 0.6) is 0 Å². The van der Waals surface area contributed by atoms with Crippen molar-refractivity contribution in [2.24, 2.45) is 12.8 Å². The summed E-state index contributed by atoms with van der Waals surface area (Å²) < 4.78 is 1.93. The summed E-state index contributed by atoms with van der Waals surface area (Å²) in [5.74, 6) is 0.775. The number of hydrogen-bond donors (Lipinski definition) is 1. The third-order valence-corrected chi connectivity index (χ3v) is 3.64. The second-order valence-electron chi connectivity index (χ2n) is 5.44. The van der Waals surface area contributed by atoms with Gasteiger partial charge in [-0.15, -0.1) is 0 Å². The highest BCUT2D eigenvalue weighted by Gasteiger charge is 2.17. The lowest BCUT2D eigenvalue weighted by molar-refractivity contribution is 0.660. The van der Waals surface area contributed by atoms with Gasteiger partial charge in [-0.05, 0) is 30.0 Å². The van der Waals surface area contributed by atoms with Crippen LogP contribution < -0.4 is 5.73 Å². The predicted octanol–water partition coefficient (Wildman–Crippen LogP) is 2.94. The van der Waals surface area contributed by atoms with E-state index in [4.69, 9.17) is 5.73 Å². The number of rotatable bonds is 4. The number of nitrogens with two attached hydrogens (primary N) is 1. The van der Waals surface area contributed by atoms with Crippen LogP contribution >= 0.6 is 0 Å². The molecular formula is C16H23N3. The topological polar surface area (TPSA) is 43.8 Å². The van der Waals surface area contributed by atoms with Crippen LogP contribution in [0.15, 0.2) is 30.3 Å². The molecule has 19 heavy (non-hydrogen) atoms. The van der Waals surface area contributed by atoms with Gasteiger partial charge >= 0.3 is 0 Å². The molecule has 2 rings (SSSR count). The van der Waals surface area contributed by atoms with Crippen LogP contribution in [-0.2, 0) is 7.05 Å². The molecule has 0 radical (unpaired) electrons. The first kappa shape index (κ1) is 13.8. The average molecular weight is 257 g/mol. The Labute approximate surface area is 115 Å². The van der Waals surface area contributed by atoms with Crippen molar-refractivity contribution in [2.75, 3.05) is 6.54 Å². The Kier molecular flexibility index (Phi) is 4.05. The summed E-state index contributed by atoms with van der Waals surface area (Å²) in [5.41, 5.74) is 10.8. The van der Waals surface area contributed by atoms with Gasteiger partial charge < -0.3 is 5.73 Å². The number of benzene rings is 1. The Hall–Kier alpha value is -1.61. The molecule has 2 aromatic rings. The van der Waals surface area contributed by atoms with E-state index < -0.39 is 0 Å². The van der Waals surface area contributed by atoms with Crippen LogP contribution in [0.25, 0.3) is 0 Å². The summed E-state index contributed by atoms with van der Waals surface area (Å²) >= 11 is 0. The van der Waals surface area contributed by atoms with E-state index in [-0.39, 0.29) is 5.92 Å². The zero-order chi connectivity index (χ0) is 14.0. The summed E-state index contributed by atoms with van der Waals surface area (Å²) in [6.45, 7) is 7.03. The lowest BCUT2D eigenvalue weighted by Crippen LogP contribution is -2.17. The number of hydrogen-bond acceptors (Lipinski definition) is 2. The second kappa shape index (κ2) is 5.57. The minimum Gasteiger partial charge on any atom is -0.329 e. The molecule has 1 unspecified atom stereocenters. The molecule has 1 atom stereocenters. The molecule has 1 heterocycles. The van der Waals surface area contributed by atoms with Gasteiger partial charge in [-0.3, -0.25) is 4.68 Å². The zero-order valence-corrected chi connectivity index (χ0v) is 12.2. The maximum absolute atomic E-state index is 5.97. The Morgan fingerprint density at radius 1 is 1.16 bits per heavy atom. The molecule has 2 N–H and O–H groups in total. The SMILES string of the molecule is Cc1cc(C(CN)c2ccc(C(C)C)cc2)n(C)n1. The van der Waals surface area contributed by atoms with E-state index in [1.54, 1.807) is 0 Å². The van der Waals surface area contributed by atoms with Gasteiger partial charge in [0.25, 0.3) is 0 Å². The van der Waals surface area contributed by atoms with E-state index >= 15 is 0 Å². The highest BCUT2D eigenvalue weighted by atomic mass is 15.3. The highest BCUT2D eigenvalue weighted by molar-refractivity contribution is 5.33. The summed E-state index contributed by atoms with van der Waals surface area (Å²) in [6, 6.07) is 10.9. The molecular weight excluding hydrogens is 234 g/mol. The maximum Gasteiger partial charge on any atom is 0.0596 e. The number of nitrogens with zero attached hydrogens (tertiary/aromatic N) is 2. The van der Waals surface area contributed by atoms with E-state index in [1.807, 2.05) is 18.7 Å². The fourth-order valence-corrected chi connectivity index (χ4v) is 2.50. The predicted molar refractivity (Wildman–Crippen MR) is 79.4 cm³/mol. The van der Waals surface area contributed by atoms with Gasteiger partial charge in [-0.1, -0.05) is 38.1 Å². The summed E-state index contributed by atoms with van der Waals surface area (Å²) in [7, 11) is 1.98. The van der Waals surface area contributed by atoms with E-state index in [9.17, 15) is 0 Å². The molecule has 0 aliphatic heterocycles.